The molecular weight excluding hydrogens is 264 g/mol. The Morgan fingerprint density at radius 1 is 1.32 bits per heavy atom. The van der Waals surface area contributed by atoms with Crippen molar-refractivity contribution in [1.82, 2.24) is 14.7 Å². The highest BCUT2D eigenvalue weighted by Gasteiger charge is 2.15. The second kappa shape index (κ2) is 5.41. The van der Waals surface area contributed by atoms with Gasteiger partial charge in [-0.15, -0.1) is 0 Å². The van der Waals surface area contributed by atoms with Crippen molar-refractivity contribution in [3.8, 4) is 0 Å². The van der Waals surface area contributed by atoms with Gasteiger partial charge >= 0.3 is 0 Å². The molecule has 0 radical (unpaired) electrons. The molecule has 2 rings (SSSR count). The van der Waals surface area contributed by atoms with Crippen LogP contribution in [0.4, 0.5) is 5.69 Å². The number of benzene rings is 1. The Morgan fingerprint density at radius 3 is 2.68 bits per heavy atom. The normalized spacial score (nSPS) is 11.5. The van der Waals surface area contributed by atoms with Gasteiger partial charge in [0.2, 0.25) is 10.0 Å². The summed E-state index contributed by atoms with van der Waals surface area (Å²) in [6, 6.07) is 6.77. The first-order valence-corrected chi connectivity index (χ1v) is 7.28. The van der Waals surface area contributed by atoms with Crippen LogP contribution in [-0.2, 0) is 16.6 Å². The average molecular weight is 280 g/mol. The van der Waals surface area contributed by atoms with Crippen molar-refractivity contribution in [3.05, 3.63) is 42.0 Å². The number of rotatable bonds is 5. The summed E-state index contributed by atoms with van der Waals surface area (Å²) in [5, 5.41) is 3.10. The third-order valence-electron chi connectivity index (χ3n) is 2.83. The number of para-hydroxylation sites is 1. The van der Waals surface area contributed by atoms with E-state index in [1.165, 1.54) is 7.05 Å². The van der Waals surface area contributed by atoms with Crippen molar-refractivity contribution >= 4 is 15.7 Å². The number of sulfonamides is 1. The van der Waals surface area contributed by atoms with Gasteiger partial charge in [-0.2, -0.15) is 0 Å². The van der Waals surface area contributed by atoms with Crippen molar-refractivity contribution in [2.75, 3.05) is 12.4 Å². The molecular formula is C12H16N4O2S. The van der Waals surface area contributed by atoms with Crippen LogP contribution in [0.1, 0.15) is 11.4 Å². The second-order valence-electron chi connectivity index (χ2n) is 4.03. The fourth-order valence-electron chi connectivity index (χ4n) is 1.70. The van der Waals surface area contributed by atoms with Gasteiger partial charge in [0.1, 0.15) is 4.90 Å². The lowest BCUT2D eigenvalue weighted by atomic mass is 10.3. The van der Waals surface area contributed by atoms with Crippen LogP contribution in [0.2, 0.25) is 0 Å². The highest BCUT2D eigenvalue weighted by molar-refractivity contribution is 7.89. The first-order chi connectivity index (χ1) is 9.04. The Kier molecular flexibility index (Phi) is 3.87. The molecule has 0 aliphatic heterocycles. The quantitative estimate of drug-likeness (QED) is 0.769. The molecule has 2 aromatic rings. The third kappa shape index (κ3) is 2.94. The first-order valence-electron chi connectivity index (χ1n) is 5.80. The Hall–Kier alpha value is -1.86. The fourth-order valence-corrected chi connectivity index (χ4v) is 2.61. The van der Waals surface area contributed by atoms with Crippen molar-refractivity contribution in [3.63, 3.8) is 0 Å². The minimum atomic E-state index is -3.47. The predicted octanol–water partition coefficient (Wildman–Crippen LogP) is 1.24. The van der Waals surface area contributed by atoms with Crippen molar-refractivity contribution < 1.29 is 8.42 Å². The Bertz CT molecular complexity index is 664. The number of aromatic nitrogens is 2. The fraction of sp³-hybridized carbons (Fsp3) is 0.250. The molecule has 0 saturated carbocycles. The molecule has 19 heavy (non-hydrogen) atoms. The van der Waals surface area contributed by atoms with E-state index in [1.807, 2.05) is 6.92 Å². The van der Waals surface area contributed by atoms with Crippen LogP contribution < -0.4 is 10.0 Å². The van der Waals surface area contributed by atoms with Gasteiger partial charge in [-0.25, -0.2) is 18.1 Å². The number of aromatic amines is 1. The van der Waals surface area contributed by atoms with E-state index in [4.69, 9.17) is 0 Å². The Balaban J connectivity index is 2.24. The standard InChI is InChI=1S/C12H16N4O2S/c1-9-11(16-8-15-9)7-14-10-5-3-4-6-12(10)19(17,18)13-2/h3-6,8,13-14H,7H2,1-2H3,(H,15,16). The second-order valence-corrected chi connectivity index (χ2v) is 5.89. The minimum Gasteiger partial charge on any atom is -0.378 e. The van der Waals surface area contributed by atoms with Gasteiger partial charge < -0.3 is 10.3 Å². The number of imidazole rings is 1. The van der Waals surface area contributed by atoms with Crippen molar-refractivity contribution in [2.24, 2.45) is 0 Å². The van der Waals surface area contributed by atoms with Gasteiger partial charge in [-0.1, -0.05) is 12.1 Å². The maximum atomic E-state index is 11.9. The van der Waals surface area contributed by atoms with E-state index in [9.17, 15) is 8.42 Å². The molecule has 0 atom stereocenters. The predicted molar refractivity (Wildman–Crippen MR) is 73.3 cm³/mol. The smallest absolute Gasteiger partial charge is 0.242 e. The number of hydrogen-bond acceptors (Lipinski definition) is 4. The molecule has 0 unspecified atom stereocenters. The van der Waals surface area contributed by atoms with Gasteiger partial charge in [0.05, 0.1) is 24.3 Å². The zero-order chi connectivity index (χ0) is 13.9. The summed E-state index contributed by atoms with van der Waals surface area (Å²) in [4.78, 5) is 7.37. The Labute approximate surface area is 112 Å². The lowest BCUT2D eigenvalue weighted by Gasteiger charge is -2.11. The number of nitrogens with zero attached hydrogens (tertiary/aromatic N) is 1. The van der Waals surface area contributed by atoms with Crippen LogP contribution in [0.5, 0.6) is 0 Å². The van der Waals surface area contributed by atoms with E-state index in [0.29, 0.717) is 12.2 Å². The third-order valence-corrected chi connectivity index (χ3v) is 4.30. The van der Waals surface area contributed by atoms with E-state index in [-0.39, 0.29) is 4.90 Å². The molecule has 0 aliphatic carbocycles. The van der Waals surface area contributed by atoms with Gasteiger partial charge in [0.15, 0.2) is 0 Å². The topological polar surface area (TPSA) is 86.9 Å². The summed E-state index contributed by atoms with van der Waals surface area (Å²) in [5.74, 6) is 0. The zero-order valence-corrected chi connectivity index (χ0v) is 11.6. The average Bonchev–Trinajstić information content (AvgIpc) is 2.82. The summed E-state index contributed by atoms with van der Waals surface area (Å²) in [6.07, 6.45) is 1.61. The summed E-state index contributed by atoms with van der Waals surface area (Å²) < 4.78 is 26.1. The molecule has 0 saturated heterocycles. The van der Waals surface area contributed by atoms with Crippen LogP contribution in [0.15, 0.2) is 35.5 Å². The van der Waals surface area contributed by atoms with E-state index in [1.54, 1.807) is 30.6 Å². The number of hydrogen-bond donors (Lipinski definition) is 3. The van der Waals surface area contributed by atoms with Crippen LogP contribution in [-0.4, -0.2) is 25.4 Å². The molecule has 6 nitrogen and oxygen atoms in total. The number of H-pyrrole nitrogens is 1. The zero-order valence-electron chi connectivity index (χ0n) is 10.8. The van der Waals surface area contributed by atoms with E-state index in [0.717, 1.165) is 11.4 Å². The Morgan fingerprint density at radius 2 is 2.05 bits per heavy atom. The molecule has 3 N–H and O–H groups in total. The van der Waals surface area contributed by atoms with Crippen LogP contribution >= 0.6 is 0 Å². The maximum Gasteiger partial charge on any atom is 0.242 e. The SMILES string of the molecule is CNS(=O)(=O)c1ccccc1NCc1nc[nH]c1C. The molecule has 102 valence electrons. The maximum absolute atomic E-state index is 11.9. The lowest BCUT2D eigenvalue weighted by Crippen LogP contribution is -2.20. The van der Waals surface area contributed by atoms with E-state index in [2.05, 4.69) is 20.0 Å². The largest absolute Gasteiger partial charge is 0.378 e. The first kappa shape index (κ1) is 13.6. The van der Waals surface area contributed by atoms with Gasteiger partial charge in [-0.3, -0.25) is 0 Å². The molecule has 1 heterocycles. The molecule has 0 amide bonds. The van der Waals surface area contributed by atoms with Crippen LogP contribution in [0.25, 0.3) is 0 Å². The van der Waals surface area contributed by atoms with E-state index < -0.39 is 10.0 Å². The van der Waals surface area contributed by atoms with Crippen molar-refractivity contribution in [2.45, 2.75) is 18.4 Å². The molecule has 7 heteroatoms. The van der Waals surface area contributed by atoms with Gasteiger partial charge in [0, 0.05) is 5.69 Å². The molecule has 1 aromatic heterocycles. The number of nitrogens with one attached hydrogen (secondary N) is 3. The molecule has 0 aliphatic rings. The van der Waals surface area contributed by atoms with E-state index >= 15 is 0 Å². The van der Waals surface area contributed by atoms with Gasteiger partial charge in [0.25, 0.3) is 0 Å². The van der Waals surface area contributed by atoms with Crippen LogP contribution in [0.3, 0.4) is 0 Å². The molecule has 0 fully saturated rings. The number of anilines is 1. The highest BCUT2D eigenvalue weighted by Crippen LogP contribution is 2.21. The van der Waals surface area contributed by atoms with Gasteiger partial charge in [-0.05, 0) is 26.1 Å². The highest BCUT2D eigenvalue weighted by atomic mass is 32.2. The molecule has 0 bridgehead atoms. The summed E-state index contributed by atoms with van der Waals surface area (Å²) >= 11 is 0. The number of aryl methyl sites for hydroxylation is 1. The minimum absolute atomic E-state index is 0.227. The summed E-state index contributed by atoms with van der Waals surface area (Å²) in [6.45, 7) is 2.38. The molecule has 1 aromatic carbocycles. The lowest BCUT2D eigenvalue weighted by molar-refractivity contribution is 0.588. The monoisotopic (exact) mass is 280 g/mol. The summed E-state index contributed by atoms with van der Waals surface area (Å²) in [7, 11) is -2.08. The van der Waals surface area contributed by atoms with Crippen LogP contribution in [0, 0.1) is 6.92 Å². The molecule has 0 spiro atoms. The van der Waals surface area contributed by atoms with Crippen molar-refractivity contribution in [1.29, 1.82) is 0 Å². The summed E-state index contributed by atoms with van der Waals surface area (Å²) in [5.41, 5.74) is 2.37.